The minimum atomic E-state index is -2.75. The van der Waals surface area contributed by atoms with E-state index >= 15 is 0 Å². The van der Waals surface area contributed by atoms with Crippen LogP contribution in [-0.4, -0.2) is 22.0 Å². The summed E-state index contributed by atoms with van der Waals surface area (Å²) in [5.74, 6) is -5.31. The van der Waals surface area contributed by atoms with E-state index in [1.807, 2.05) is 0 Å². The predicted octanol–water partition coefficient (Wildman–Crippen LogP) is 6.32. The third kappa shape index (κ3) is 4.63. The maximum absolute atomic E-state index is 14.5. The molecular formula is C21H16BrF4N3O2. The van der Waals surface area contributed by atoms with Crippen LogP contribution < -0.4 is 5.32 Å². The van der Waals surface area contributed by atoms with Gasteiger partial charge in [-0.05, 0) is 53.0 Å². The smallest absolute Gasteiger partial charge is 0.294 e. The molecule has 4 rings (SSSR count). The molecule has 1 aromatic carbocycles. The lowest BCUT2D eigenvalue weighted by Gasteiger charge is -2.29. The molecule has 3 aromatic rings. The monoisotopic (exact) mass is 497 g/mol. The number of aromatic nitrogens is 2. The SMILES string of the molecule is O=C(Nc1c(-c2cc(F)ccc2F)ccnc1C1CCC(F)(F)CC1)c1cc(Br)no1. The van der Waals surface area contributed by atoms with Crippen molar-refractivity contribution in [3.05, 3.63) is 64.2 Å². The van der Waals surface area contributed by atoms with Crippen LogP contribution in [0, 0.1) is 11.6 Å². The van der Waals surface area contributed by atoms with E-state index in [9.17, 15) is 22.4 Å². The average Bonchev–Trinajstić information content (AvgIpc) is 3.17. The fraction of sp³-hybridized carbons (Fsp3) is 0.286. The van der Waals surface area contributed by atoms with Gasteiger partial charge in [0.15, 0.2) is 0 Å². The summed E-state index contributed by atoms with van der Waals surface area (Å²) >= 11 is 3.08. The quantitative estimate of drug-likeness (QED) is 0.428. The van der Waals surface area contributed by atoms with Crippen molar-refractivity contribution >= 4 is 27.5 Å². The van der Waals surface area contributed by atoms with Crippen LogP contribution in [0.3, 0.4) is 0 Å². The van der Waals surface area contributed by atoms with Crippen molar-refractivity contribution in [2.45, 2.75) is 37.5 Å². The Morgan fingerprint density at radius 2 is 1.87 bits per heavy atom. The average molecular weight is 498 g/mol. The third-order valence-electron chi connectivity index (χ3n) is 5.25. The first-order valence-electron chi connectivity index (χ1n) is 9.49. The Kier molecular flexibility index (Phi) is 5.83. The van der Waals surface area contributed by atoms with Gasteiger partial charge in [-0.2, -0.15) is 0 Å². The van der Waals surface area contributed by atoms with E-state index in [1.54, 1.807) is 0 Å². The van der Waals surface area contributed by atoms with Crippen molar-refractivity contribution in [2.24, 2.45) is 0 Å². The zero-order valence-corrected chi connectivity index (χ0v) is 17.6. The van der Waals surface area contributed by atoms with E-state index in [0.29, 0.717) is 10.3 Å². The van der Waals surface area contributed by atoms with Crippen molar-refractivity contribution in [1.29, 1.82) is 0 Å². The molecule has 0 bridgehead atoms. The second-order valence-corrected chi connectivity index (χ2v) is 8.15. The highest BCUT2D eigenvalue weighted by molar-refractivity contribution is 9.10. The van der Waals surface area contributed by atoms with Crippen LogP contribution in [-0.2, 0) is 0 Å². The van der Waals surface area contributed by atoms with Crippen LogP contribution in [0.4, 0.5) is 23.2 Å². The number of hydrogen-bond acceptors (Lipinski definition) is 4. The Hall–Kier alpha value is -2.75. The molecule has 1 N–H and O–H groups in total. The van der Waals surface area contributed by atoms with E-state index < -0.39 is 23.5 Å². The first-order chi connectivity index (χ1) is 14.7. The van der Waals surface area contributed by atoms with Gasteiger partial charge in [-0.15, -0.1) is 0 Å². The molecular weight excluding hydrogens is 482 g/mol. The number of nitrogens with zero attached hydrogens (tertiary/aromatic N) is 2. The molecule has 1 saturated carbocycles. The number of nitrogens with one attached hydrogen (secondary N) is 1. The zero-order valence-electron chi connectivity index (χ0n) is 16.0. The van der Waals surface area contributed by atoms with E-state index in [-0.39, 0.29) is 54.2 Å². The molecule has 1 amide bonds. The van der Waals surface area contributed by atoms with Gasteiger partial charge in [-0.3, -0.25) is 9.78 Å². The molecule has 1 aliphatic carbocycles. The molecule has 1 aliphatic rings. The van der Waals surface area contributed by atoms with Gasteiger partial charge in [0.2, 0.25) is 11.7 Å². The van der Waals surface area contributed by atoms with Crippen LogP contribution in [0.2, 0.25) is 0 Å². The Balaban J connectivity index is 1.79. The molecule has 0 saturated heterocycles. The standard InChI is InChI=1S/C21H16BrF4N3O2/c22-17-10-16(31-29-17)20(30)28-19-13(14-9-12(23)1-2-15(14)24)5-8-27-18(19)11-3-6-21(25,26)7-4-11/h1-2,5,8-11H,3-4,6-7H2,(H,28,30). The van der Waals surface area contributed by atoms with Gasteiger partial charge in [0.1, 0.15) is 16.2 Å². The minimum Gasteiger partial charge on any atom is -0.350 e. The lowest BCUT2D eigenvalue weighted by molar-refractivity contribution is -0.0384. The Bertz CT molecular complexity index is 1130. The number of rotatable bonds is 4. The number of anilines is 1. The molecule has 2 aromatic heterocycles. The first kappa shape index (κ1) is 21.5. The number of benzene rings is 1. The number of pyridine rings is 1. The highest BCUT2D eigenvalue weighted by atomic mass is 79.9. The summed E-state index contributed by atoms with van der Waals surface area (Å²) in [6.45, 7) is 0. The van der Waals surface area contributed by atoms with Gasteiger partial charge >= 0.3 is 0 Å². The summed E-state index contributed by atoms with van der Waals surface area (Å²) in [6, 6.07) is 5.74. The Morgan fingerprint density at radius 3 is 2.55 bits per heavy atom. The fourth-order valence-electron chi connectivity index (χ4n) is 3.70. The van der Waals surface area contributed by atoms with Gasteiger partial charge in [0.05, 0.1) is 11.4 Å². The maximum atomic E-state index is 14.5. The van der Waals surface area contributed by atoms with Gasteiger partial charge < -0.3 is 9.84 Å². The van der Waals surface area contributed by atoms with Gasteiger partial charge in [-0.1, -0.05) is 5.16 Å². The van der Waals surface area contributed by atoms with Crippen LogP contribution in [0.1, 0.15) is 47.8 Å². The van der Waals surface area contributed by atoms with Gasteiger partial charge in [0.25, 0.3) is 5.91 Å². The summed E-state index contributed by atoms with van der Waals surface area (Å²) in [5, 5.41) is 6.23. The van der Waals surface area contributed by atoms with Gasteiger partial charge in [-0.25, -0.2) is 17.6 Å². The molecule has 1 fully saturated rings. The van der Waals surface area contributed by atoms with Crippen molar-refractivity contribution in [2.75, 3.05) is 5.32 Å². The zero-order chi connectivity index (χ0) is 22.2. The maximum Gasteiger partial charge on any atom is 0.294 e. The molecule has 2 heterocycles. The summed E-state index contributed by atoms with van der Waals surface area (Å²) in [5.41, 5.74) is 0.563. The molecule has 162 valence electrons. The number of alkyl halides is 2. The van der Waals surface area contributed by atoms with E-state index in [0.717, 1.165) is 18.2 Å². The van der Waals surface area contributed by atoms with Crippen LogP contribution in [0.15, 0.2) is 45.7 Å². The lowest BCUT2D eigenvalue weighted by Crippen LogP contribution is -2.25. The predicted molar refractivity (Wildman–Crippen MR) is 108 cm³/mol. The molecule has 10 heteroatoms. The van der Waals surface area contributed by atoms with E-state index in [2.05, 4.69) is 31.4 Å². The largest absolute Gasteiger partial charge is 0.350 e. The van der Waals surface area contributed by atoms with Crippen molar-refractivity contribution in [3.63, 3.8) is 0 Å². The topological polar surface area (TPSA) is 68.0 Å². The Morgan fingerprint density at radius 1 is 1.13 bits per heavy atom. The fourth-order valence-corrected chi connectivity index (χ4v) is 3.98. The molecule has 0 aliphatic heterocycles. The highest BCUT2D eigenvalue weighted by Crippen LogP contribution is 2.44. The van der Waals surface area contributed by atoms with E-state index in [1.165, 1.54) is 18.3 Å². The summed E-state index contributed by atoms with van der Waals surface area (Å²) in [6.07, 6.45) is 1.04. The Labute approximate surface area is 183 Å². The van der Waals surface area contributed by atoms with Crippen molar-refractivity contribution in [1.82, 2.24) is 10.1 Å². The normalized spacial score (nSPS) is 16.3. The number of carbonyl (C=O) groups is 1. The third-order valence-corrected chi connectivity index (χ3v) is 5.62. The van der Waals surface area contributed by atoms with Crippen LogP contribution in [0.5, 0.6) is 0 Å². The lowest BCUT2D eigenvalue weighted by atomic mass is 9.83. The first-order valence-corrected chi connectivity index (χ1v) is 10.3. The second kappa shape index (κ2) is 8.41. The van der Waals surface area contributed by atoms with Gasteiger partial charge in [0, 0.05) is 42.1 Å². The summed E-state index contributed by atoms with van der Waals surface area (Å²) < 4.78 is 61.0. The molecule has 31 heavy (non-hydrogen) atoms. The number of carbonyl (C=O) groups excluding carboxylic acids is 1. The van der Waals surface area contributed by atoms with Crippen LogP contribution in [0.25, 0.3) is 11.1 Å². The van der Waals surface area contributed by atoms with E-state index in [4.69, 9.17) is 4.52 Å². The highest BCUT2D eigenvalue weighted by Gasteiger charge is 2.37. The summed E-state index contributed by atoms with van der Waals surface area (Å²) in [4.78, 5) is 17.0. The molecule has 0 atom stereocenters. The van der Waals surface area contributed by atoms with Crippen molar-refractivity contribution in [3.8, 4) is 11.1 Å². The molecule has 5 nitrogen and oxygen atoms in total. The van der Waals surface area contributed by atoms with Crippen molar-refractivity contribution < 1.29 is 26.9 Å². The molecule has 0 radical (unpaired) electrons. The number of amides is 1. The number of halogens is 5. The summed E-state index contributed by atoms with van der Waals surface area (Å²) in [7, 11) is 0. The molecule has 0 unspecified atom stereocenters. The second-order valence-electron chi connectivity index (χ2n) is 7.34. The number of hydrogen-bond donors (Lipinski definition) is 1. The molecule has 0 spiro atoms. The van der Waals surface area contributed by atoms with Crippen LogP contribution >= 0.6 is 15.9 Å². The minimum absolute atomic E-state index is 0.0844.